The Labute approximate surface area is 193 Å². The molecular weight excluding hydrogens is 404 g/mol. The molecule has 5 heteroatoms. The molecule has 4 N–H and O–H groups in total. The molecule has 4 rings (SSSR count). The third kappa shape index (κ3) is 3.76. The van der Waals surface area contributed by atoms with Crippen molar-refractivity contribution in [3.8, 4) is 0 Å². The summed E-state index contributed by atoms with van der Waals surface area (Å²) in [5, 5.41) is 42.3. The Balaban J connectivity index is 1.54. The van der Waals surface area contributed by atoms with Gasteiger partial charge in [-0.05, 0) is 111 Å². The lowest BCUT2D eigenvalue weighted by atomic mass is 9.43. The summed E-state index contributed by atoms with van der Waals surface area (Å²) in [5.74, 6) is 1.20. The predicted molar refractivity (Wildman–Crippen MR) is 124 cm³/mol. The van der Waals surface area contributed by atoms with E-state index in [0.29, 0.717) is 35.2 Å². The van der Waals surface area contributed by atoms with E-state index in [9.17, 15) is 20.1 Å². The molecule has 0 bridgehead atoms. The maximum Gasteiger partial charge on any atom is 0.330 e. The van der Waals surface area contributed by atoms with E-state index in [0.717, 1.165) is 57.8 Å². The van der Waals surface area contributed by atoms with Gasteiger partial charge in [-0.1, -0.05) is 26.8 Å². The zero-order valence-electron chi connectivity index (χ0n) is 20.3. The summed E-state index contributed by atoms with van der Waals surface area (Å²) in [6.45, 7) is 8.55. The molecule has 0 spiro atoms. The van der Waals surface area contributed by atoms with Gasteiger partial charge in [0.05, 0.1) is 18.3 Å². The quantitative estimate of drug-likeness (QED) is 0.468. The zero-order chi connectivity index (χ0) is 23.4. The zero-order valence-corrected chi connectivity index (χ0v) is 20.3. The van der Waals surface area contributed by atoms with Crippen molar-refractivity contribution in [1.82, 2.24) is 0 Å². The van der Waals surface area contributed by atoms with Crippen molar-refractivity contribution in [2.45, 2.75) is 104 Å². The van der Waals surface area contributed by atoms with Crippen molar-refractivity contribution < 1.29 is 25.2 Å². The van der Waals surface area contributed by atoms with Crippen LogP contribution in [0.2, 0.25) is 0 Å². The first-order valence-corrected chi connectivity index (χ1v) is 12.9. The number of hydrogen-bond acceptors (Lipinski definition) is 4. The van der Waals surface area contributed by atoms with E-state index in [1.807, 2.05) is 6.08 Å². The Morgan fingerprint density at radius 3 is 2.47 bits per heavy atom. The van der Waals surface area contributed by atoms with Crippen LogP contribution in [0.3, 0.4) is 0 Å². The van der Waals surface area contributed by atoms with Gasteiger partial charge < -0.3 is 20.4 Å². The van der Waals surface area contributed by atoms with Crippen LogP contribution in [0.4, 0.5) is 0 Å². The van der Waals surface area contributed by atoms with Gasteiger partial charge in [0, 0.05) is 5.57 Å². The van der Waals surface area contributed by atoms with Crippen LogP contribution in [-0.2, 0) is 4.79 Å². The summed E-state index contributed by atoms with van der Waals surface area (Å²) in [7, 11) is 0. The monoisotopic (exact) mass is 448 g/mol. The van der Waals surface area contributed by atoms with Crippen LogP contribution >= 0.6 is 0 Å². The molecule has 0 unspecified atom stereocenters. The van der Waals surface area contributed by atoms with Crippen molar-refractivity contribution in [1.29, 1.82) is 0 Å². The van der Waals surface area contributed by atoms with Crippen molar-refractivity contribution in [2.24, 2.45) is 46.3 Å². The second-order valence-corrected chi connectivity index (χ2v) is 12.3. The molecule has 4 fully saturated rings. The lowest BCUT2D eigenvalue weighted by molar-refractivity contribution is -0.207. The molecule has 0 amide bonds. The van der Waals surface area contributed by atoms with Crippen LogP contribution in [0.5, 0.6) is 0 Å². The van der Waals surface area contributed by atoms with Gasteiger partial charge in [0.2, 0.25) is 0 Å². The first kappa shape index (κ1) is 24.2. The van der Waals surface area contributed by atoms with Crippen LogP contribution in [0.25, 0.3) is 0 Å². The summed E-state index contributed by atoms with van der Waals surface area (Å²) in [5.41, 5.74) is 0.317. The van der Waals surface area contributed by atoms with E-state index in [1.165, 1.54) is 0 Å². The van der Waals surface area contributed by atoms with Crippen LogP contribution in [0.1, 0.15) is 85.5 Å². The van der Waals surface area contributed by atoms with Gasteiger partial charge in [-0.2, -0.15) is 0 Å². The fourth-order valence-corrected chi connectivity index (χ4v) is 8.98. The molecule has 0 aromatic heterocycles. The molecular formula is C27H44O5. The molecule has 0 aromatic carbocycles. The normalized spacial score (nSPS) is 49.7. The van der Waals surface area contributed by atoms with E-state index in [-0.39, 0.29) is 35.1 Å². The summed E-state index contributed by atoms with van der Waals surface area (Å²) >= 11 is 0. The third-order valence-corrected chi connectivity index (χ3v) is 10.9. The number of allylic oxidation sites excluding steroid dienone is 1. The highest BCUT2D eigenvalue weighted by Gasteiger charge is 2.65. The Bertz CT molecular complexity index is 748. The first-order chi connectivity index (χ1) is 15.0. The minimum absolute atomic E-state index is 0.105. The average Bonchev–Trinajstić information content (AvgIpc) is 3.08. The fraction of sp³-hybridized carbons (Fsp3) is 0.889. The smallest absolute Gasteiger partial charge is 0.330 e. The molecule has 11 atom stereocenters. The summed E-state index contributed by atoms with van der Waals surface area (Å²) in [4.78, 5) is 11.1. The standard InChI is InChI=1S/C27H44O5/c1-15(6-5-7-16(2)25(31)32)19-8-9-20-24-21(14-23(30)27(19,20)4)26(3)11-10-18(28)12-17(26)13-22(24)29/h7,15,17-24,28-30H,5-6,8-14H2,1-4H3,(H,31,32)/b16-7-/t15-,17+,18-,19-,20+,21+,22-,23+,24+,26+,27-/m1/s1. The van der Waals surface area contributed by atoms with Crippen LogP contribution < -0.4 is 0 Å². The molecule has 4 aliphatic carbocycles. The molecule has 0 saturated heterocycles. The van der Waals surface area contributed by atoms with Crippen molar-refractivity contribution in [3.05, 3.63) is 11.6 Å². The molecule has 0 aromatic rings. The number of aliphatic hydroxyl groups is 3. The van der Waals surface area contributed by atoms with E-state index >= 15 is 0 Å². The predicted octanol–water partition coefficient (Wildman–Crippen LogP) is 4.40. The maximum absolute atomic E-state index is 11.6. The molecule has 32 heavy (non-hydrogen) atoms. The first-order valence-electron chi connectivity index (χ1n) is 12.9. The van der Waals surface area contributed by atoms with Gasteiger partial charge in [0.1, 0.15) is 0 Å². The molecule has 182 valence electrons. The summed E-state index contributed by atoms with van der Waals surface area (Å²) in [6.07, 6.45) is 8.88. The van der Waals surface area contributed by atoms with Crippen molar-refractivity contribution in [2.75, 3.05) is 0 Å². The highest BCUT2D eigenvalue weighted by molar-refractivity contribution is 5.85. The number of aliphatic hydroxyl groups excluding tert-OH is 3. The Morgan fingerprint density at radius 1 is 1.06 bits per heavy atom. The summed E-state index contributed by atoms with van der Waals surface area (Å²) in [6, 6.07) is 0. The number of fused-ring (bicyclic) bond motifs is 5. The van der Waals surface area contributed by atoms with Gasteiger partial charge in [-0.3, -0.25) is 0 Å². The van der Waals surface area contributed by atoms with E-state index in [2.05, 4.69) is 20.8 Å². The maximum atomic E-state index is 11.6. The van der Waals surface area contributed by atoms with Crippen LogP contribution in [0, 0.1) is 46.3 Å². The highest BCUT2D eigenvalue weighted by atomic mass is 16.4. The van der Waals surface area contributed by atoms with Crippen LogP contribution in [-0.4, -0.2) is 44.7 Å². The highest BCUT2D eigenvalue weighted by Crippen LogP contribution is 2.68. The number of rotatable bonds is 5. The minimum Gasteiger partial charge on any atom is -0.478 e. The van der Waals surface area contributed by atoms with Gasteiger partial charge in [-0.15, -0.1) is 0 Å². The SMILES string of the molecule is C/C(=C/CC[C@@H](C)[C@H]1CC[C@H]2[C@@H]3[C@H](O)C[C@@H]4C[C@H](O)CC[C@]4(C)[C@H]3C[C@H](O)[C@]12C)C(=O)O. The van der Waals surface area contributed by atoms with E-state index in [1.54, 1.807) is 6.92 Å². The Morgan fingerprint density at radius 2 is 1.78 bits per heavy atom. The fourth-order valence-electron chi connectivity index (χ4n) is 8.98. The Kier molecular flexibility index (Phi) is 6.59. The second-order valence-electron chi connectivity index (χ2n) is 12.3. The lowest BCUT2D eigenvalue weighted by Gasteiger charge is -2.63. The van der Waals surface area contributed by atoms with Crippen molar-refractivity contribution in [3.63, 3.8) is 0 Å². The van der Waals surface area contributed by atoms with Crippen LogP contribution in [0.15, 0.2) is 11.6 Å². The molecule has 0 heterocycles. The average molecular weight is 449 g/mol. The summed E-state index contributed by atoms with van der Waals surface area (Å²) < 4.78 is 0. The topological polar surface area (TPSA) is 98.0 Å². The van der Waals surface area contributed by atoms with Gasteiger partial charge in [0.25, 0.3) is 0 Å². The second kappa shape index (κ2) is 8.70. The molecule has 4 aliphatic rings. The van der Waals surface area contributed by atoms with Gasteiger partial charge in [0.15, 0.2) is 0 Å². The van der Waals surface area contributed by atoms with Gasteiger partial charge in [-0.25, -0.2) is 4.79 Å². The number of carboxylic acid groups (broad SMARTS) is 1. The minimum atomic E-state index is -0.854. The molecule has 0 aliphatic heterocycles. The third-order valence-electron chi connectivity index (χ3n) is 10.9. The number of hydrogen-bond donors (Lipinski definition) is 4. The molecule has 4 saturated carbocycles. The number of aliphatic carboxylic acids is 1. The number of carboxylic acids is 1. The molecule has 5 nitrogen and oxygen atoms in total. The number of carbonyl (C=O) groups is 1. The molecule has 0 radical (unpaired) electrons. The Hall–Kier alpha value is -0.910. The van der Waals surface area contributed by atoms with E-state index in [4.69, 9.17) is 5.11 Å². The van der Waals surface area contributed by atoms with E-state index < -0.39 is 5.97 Å². The van der Waals surface area contributed by atoms with Gasteiger partial charge >= 0.3 is 5.97 Å². The van der Waals surface area contributed by atoms with Crippen molar-refractivity contribution >= 4 is 5.97 Å². The largest absolute Gasteiger partial charge is 0.478 e. The lowest BCUT2D eigenvalue weighted by Crippen LogP contribution is -2.62.